The number of hydrogen-bond donors (Lipinski definition) is 2. The third-order valence-corrected chi connectivity index (χ3v) is 5.20. The number of rotatable bonds is 3. The zero-order chi connectivity index (χ0) is 18.8. The average molecular weight is 422 g/mol. The van der Waals surface area contributed by atoms with Gasteiger partial charge >= 0.3 is 0 Å². The van der Waals surface area contributed by atoms with Gasteiger partial charge in [0.15, 0.2) is 9.84 Å². The van der Waals surface area contributed by atoms with E-state index in [0.29, 0.717) is 5.02 Å². The van der Waals surface area contributed by atoms with Crippen LogP contribution < -0.4 is 10.9 Å². The molecule has 0 atom stereocenters. The predicted molar refractivity (Wildman–Crippen MR) is 96.0 cm³/mol. The largest absolute Gasteiger partial charge is 0.271 e. The number of hydrogen-bond acceptors (Lipinski definition) is 4. The van der Waals surface area contributed by atoms with Crippen LogP contribution in [0.5, 0.6) is 0 Å². The van der Waals surface area contributed by atoms with Crippen LogP contribution in [0.1, 0.15) is 20.7 Å². The molecule has 0 radical (unpaired) electrons. The number of carbonyl (C=O) groups is 2. The Labute approximate surface area is 159 Å². The van der Waals surface area contributed by atoms with Crippen molar-refractivity contribution in [2.24, 2.45) is 0 Å². The van der Waals surface area contributed by atoms with Gasteiger partial charge in [-0.25, -0.2) is 8.42 Å². The van der Waals surface area contributed by atoms with E-state index in [-0.39, 0.29) is 26.1 Å². The summed E-state index contributed by atoms with van der Waals surface area (Å²) in [7, 11) is -3.61. The van der Waals surface area contributed by atoms with Gasteiger partial charge in [0.05, 0.1) is 20.5 Å². The summed E-state index contributed by atoms with van der Waals surface area (Å²) < 4.78 is 23.3. The molecule has 0 aliphatic heterocycles. The number of benzene rings is 2. The van der Waals surface area contributed by atoms with E-state index in [4.69, 9.17) is 34.8 Å². The summed E-state index contributed by atoms with van der Waals surface area (Å²) in [4.78, 5) is 24.0. The predicted octanol–water partition coefficient (Wildman–Crippen LogP) is 3.13. The van der Waals surface area contributed by atoms with Gasteiger partial charge < -0.3 is 0 Å². The van der Waals surface area contributed by atoms with Gasteiger partial charge in [0, 0.05) is 16.8 Å². The summed E-state index contributed by atoms with van der Waals surface area (Å²) in [6.45, 7) is 0. The van der Waals surface area contributed by atoms with Crippen molar-refractivity contribution in [3.05, 3.63) is 62.6 Å². The van der Waals surface area contributed by atoms with Gasteiger partial charge in [-0.1, -0.05) is 34.8 Å². The molecule has 10 heteroatoms. The monoisotopic (exact) mass is 420 g/mol. The Morgan fingerprint density at radius 1 is 0.880 bits per heavy atom. The van der Waals surface area contributed by atoms with E-state index in [9.17, 15) is 18.0 Å². The van der Waals surface area contributed by atoms with Gasteiger partial charge in [0.1, 0.15) is 0 Å². The van der Waals surface area contributed by atoms with Crippen molar-refractivity contribution in [2.45, 2.75) is 4.90 Å². The highest BCUT2D eigenvalue weighted by Gasteiger charge is 2.17. The number of carbonyl (C=O) groups excluding carboxylic acids is 2. The fourth-order valence-electron chi connectivity index (χ4n) is 1.85. The van der Waals surface area contributed by atoms with Gasteiger partial charge in [0.25, 0.3) is 11.8 Å². The first-order valence-corrected chi connectivity index (χ1v) is 9.67. The van der Waals surface area contributed by atoms with Crippen molar-refractivity contribution in [3.63, 3.8) is 0 Å². The third-order valence-electron chi connectivity index (χ3n) is 3.06. The first kappa shape index (κ1) is 19.5. The molecular formula is C15H11Cl3N2O4S. The van der Waals surface area contributed by atoms with Crippen molar-refractivity contribution in [1.82, 2.24) is 10.9 Å². The van der Waals surface area contributed by atoms with Crippen molar-refractivity contribution >= 4 is 56.5 Å². The first-order chi connectivity index (χ1) is 11.6. The van der Waals surface area contributed by atoms with Crippen LogP contribution in [0.2, 0.25) is 15.1 Å². The highest BCUT2D eigenvalue weighted by molar-refractivity contribution is 7.90. The molecule has 25 heavy (non-hydrogen) atoms. The zero-order valence-electron chi connectivity index (χ0n) is 12.6. The van der Waals surface area contributed by atoms with E-state index in [2.05, 4.69) is 10.9 Å². The minimum absolute atomic E-state index is 0.00214. The number of hydrazine groups is 1. The number of amides is 2. The number of nitrogens with one attached hydrogen (secondary N) is 2. The highest BCUT2D eigenvalue weighted by Crippen LogP contribution is 2.23. The van der Waals surface area contributed by atoms with Crippen LogP contribution in [0.25, 0.3) is 0 Å². The summed E-state index contributed by atoms with van der Waals surface area (Å²) >= 11 is 17.5. The summed E-state index contributed by atoms with van der Waals surface area (Å²) in [5.41, 5.74) is 4.41. The van der Waals surface area contributed by atoms with E-state index in [1.807, 2.05) is 0 Å². The summed E-state index contributed by atoms with van der Waals surface area (Å²) in [6.07, 6.45) is 0.971. The van der Waals surface area contributed by atoms with Crippen LogP contribution in [0.3, 0.4) is 0 Å². The number of halogens is 3. The van der Waals surface area contributed by atoms with E-state index in [1.165, 1.54) is 30.3 Å². The summed E-state index contributed by atoms with van der Waals surface area (Å²) in [5, 5.41) is 0.451. The fraction of sp³-hybridized carbons (Fsp3) is 0.0667. The molecule has 2 aromatic rings. The normalized spacial score (nSPS) is 11.0. The van der Waals surface area contributed by atoms with E-state index < -0.39 is 21.7 Å². The smallest absolute Gasteiger partial charge is 0.267 e. The van der Waals surface area contributed by atoms with E-state index in [0.717, 1.165) is 12.3 Å². The van der Waals surface area contributed by atoms with Gasteiger partial charge in [0.2, 0.25) is 0 Å². The maximum absolute atomic E-state index is 12.1. The summed E-state index contributed by atoms with van der Waals surface area (Å²) in [6, 6.07) is 8.02. The molecule has 2 rings (SSSR count). The molecule has 0 aliphatic rings. The maximum Gasteiger partial charge on any atom is 0.271 e. The molecule has 0 aromatic heterocycles. The van der Waals surface area contributed by atoms with Gasteiger partial charge in [-0.2, -0.15) is 0 Å². The topological polar surface area (TPSA) is 92.3 Å². The standard InChI is InChI=1S/C15H11Cl3N2O4S/c1-25(23,24)13-6-8(2-4-12(13)18)14(21)19-20-15(22)10-7-9(16)3-5-11(10)17/h2-7H,1H3,(H,19,21)(H,20,22). The lowest BCUT2D eigenvalue weighted by Crippen LogP contribution is -2.41. The quantitative estimate of drug-likeness (QED) is 0.745. The molecule has 0 bridgehead atoms. The Hall–Kier alpha value is -1.80. The maximum atomic E-state index is 12.1. The molecule has 132 valence electrons. The molecule has 0 spiro atoms. The molecule has 0 heterocycles. The van der Waals surface area contributed by atoms with Gasteiger partial charge in [-0.15, -0.1) is 0 Å². The Kier molecular flexibility index (Phi) is 5.95. The lowest BCUT2D eigenvalue weighted by Gasteiger charge is -2.10. The molecule has 0 saturated heterocycles. The molecule has 0 saturated carbocycles. The first-order valence-electron chi connectivity index (χ1n) is 6.65. The van der Waals surface area contributed by atoms with E-state index in [1.54, 1.807) is 0 Å². The molecule has 2 aromatic carbocycles. The lowest BCUT2D eigenvalue weighted by atomic mass is 10.2. The Morgan fingerprint density at radius 2 is 1.48 bits per heavy atom. The van der Waals surface area contributed by atoms with Crippen molar-refractivity contribution < 1.29 is 18.0 Å². The Balaban J connectivity index is 2.15. The van der Waals surface area contributed by atoms with Crippen molar-refractivity contribution in [3.8, 4) is 0 Å². The molecular weight excluding hydrogens is 411 g/mol. The Morgan fingerprint density at radius 3 is 2.12 bits per heavy atom. The van der Waals surface area contributed by atoms with Crippen LogP contribution in [0, 0.1) is 0 Å². The lowest BCUT2D eigenvalue weighted by molar-refractivity contribution is 0.0846. The molecule has 2 amide bonds. The third kappa shape index (κ3) is 4.85. The van der Waals surface area contributed by atoms with Crippen LogP contribution in [0.4, 0.5) is 0 Å². The van der Waals surface area contributed by atoms with Gasteiger partial charge in [-0.3, -0.25) is 20.4 Å². The van der Waals surface area contributed by atoms with Crippen LogP contribution in [-0.2, 0) is 9.84 Å². The molecule has 0 fully saturated rings. The van der Waals surface area contributed by atoms with Crippen molar-refractivity contribution in [2.75, 3.05) is 6.26 Å². The minimum Gasteiger partial charge on any atom is -0.267 e. The molecule has 6 nitrogen and oxygen atoms in total. The van der Waals surface area contributed by atoms with Crippen LogP contribution in [0.15, 0.2) is 41.3 Å². The average Bonchev–Trinajstić information content (AvgIpc) is 2.53. The molecule has 0 aliphatic carbocycles. The number of sulfone groups is 1. The van der Waals surface area contributed by atoms with Crippen molar-refractivity contribution in [1.29, 1.82) is 0 Å². The Bertz CT molecular complexity index is 961. The zero-order valence-corrected chi connectivity index (χ0v) is 15.7. The molecule has 2 N–H and O–H groups in total. The van der Waals surface area contributed by atoms with Crippen LogP contribution >= 0.6 is 34.8 Å². The van der Waals surface area contributed by atoms with Crippen LogP contribution in [-0.4, -0.2) is 26.5 Å². The second-order valence-electron chi connectivity index (χ2n) is 4.95. The minimum atomic E-state index is -3.61. The highest BCUT2D eigenvalue weighted by atomic mass is 35.5. The summed E-state index contributed by atoms with van der Waals surface area (Å²) in [5.74, 6) is -1.41. The SMILES string of the molecule is CS(=O)(=O)c1cc(C(=O)NNC(=O)c2cc(Cl)ccc2Cl)ccc1Cl. The van der Waals surface area contributed by atoms with E-state index >= 15 is 0 Å². The van der Waals surface area contributed by atoms with Gasteiger partial charge in [-0.05, 0) is 36.4 Å². The molecule has 0 unspecified atom stereocenters. The second kappa shape index (κ2) is 7.61. The fourth-order valence-corrected chi connectivity index (χ4v) is 3.53. The second-order valence-corrected chi connectivity index (χ2v) is 8.18.